The van der Waals surface area contributed by atoms with Crippen molar-refractivity contribution in [2.75, 3.05) is 7.11 Å². The van der Waals surface area contributed by atoms with Crippen LogP contribution in [0.3, 0.4) is 0 Å². The fourth-order valence-electron chi connectivity index (χ4n) is 1.64. The van der Waals surface area contributed by atoms with Crippen molar-refractivity contribution in [2.45, 2.75) is 39.9 Å². The van der Waals surface area contributed by atoms with Crippen molar-refractivity contribution in [1.29, 1.82) is 0 Å². The molecule has 0 aliphatic rings. The van der Waals surface area contributed by atoms with Gasteiger partial charge < -0.3 is 13.3 Å². The van der Waals surface area contributed by atoms with E-state index in [4.69, 9.17) is 13.3 Å². The zero-order valence-corrected chi connectivity index (χ0v) is 12.3. The third-order valence-corrected chi connectivity index (χ3v) is 5.32. The van der Waals surface area contributed by atoms with Gasteiger partial charge in [0.05, 0.1) is 0 Å². The molecule has 1 aromatic carbocycles. The van der Waals surface area contributed by atoms with Crippen molar-refractivity contribution >= 4 is 14.0 Å². The zero-order valence-electron chi connectivity index (χ0n) is 11.3. The largest absolute Gasteiger partial charge is 0.537 e. The van der Waals surface area contributed by atoms with Crippen molar-refractivity contribution in [3.8, 4) is 0 Å². The van der Waals surface area contributed by atoms with Crippen LogP contribution in [0.5, 0.6) is 0 Å². The second kappa shape index (κ2) is 6.30. The molecule has 0 unspecified atom stereocenters. The maximum atomic E-state index is 5.98. The Bertz CT molecular complexity index is 315. The van der Waals surface area contributed by atoms with E-state index in [1.165, 1.54) is 0 Å². The number of hydrogen-bond acceptors (Lipinski definition) is 3. The third-order valence-electron chi connectivity index (χ3n) is 2.18. The molecule has 0 radical (unpaired) electrons. The highest BCUT2D eigenvalue weighted by molar-refractivity contribution is 6.75. The van der Waals surface area contributed by atoms with E-state index in [1.807, 2.05) is 58.0 Å². The molecule has 3 nitrogen and oxygen atoms in total. The Kier molecular flexibility index (Phi) is 5.33. The average Bonchev–Trinajstić information content (AvgIpc) is 2.28. The number of hydrogen-bond donors (Lipinski definition) is 0. The molecule has 0 N–H and O–H groups in total. The fourth-order valence-corrected chi connectivity index (χ4v) is 4.24. The van der Waals surface area contributed by atoms with Gasteiger partial charge in [-0.05, 0) is 27.7 Å². The van der Waals surface area contributed by atoms with Gasteiger partial charge in [-0.25, -0.2) is 0 Å². The van der Waals surface area contributed by atoms with Crippen LogP contribution in [0.25, 0.3) is 0 Å². The lowest BCUT2D eigenvalue weighted by atomic mass is 10.4. The lowest BCUT2D eigenvalue weighted by Crippen LogP contribution is -2.58. The molecule has 17 heavy (non-hydrogen) atoms. The second-order valence-electron chi connectivity index (χ2n) is 4.46. The summed E-state index contributed by atoms with van der Waals surface area (Å²) in [5.74, 6) is 0. The van der Waals surface area contributed by atoms with Crippen LogP contribution in [-0.4, -0.2) is 28.1 Å². The van der Waals surface area contributed by atoms with Crippen molar-refractivity contribution < 1.29 is 13.3 Å². The molecule has 0 fully saturated rings. The van der Waals surface area contributed by atoms with Crippen molar-refractivity contribution in [1.82, 2.24) is 0 Å². The fraction of sp³-hybridized carbons (Fsp3) is 0.538. The second-order valence-corrected chi connectivity index (χ2v) is 7.03. The van der Waals surface area contributed by atoms with Gasteiger partial charge in [-0.2, -0.15) is 0 Å². The Morgan fingerprint density at radius 2 is 1.35 bits per heavy atom. The normalized spacial score (nSPS) is 12.4. The SMILES string of the molecule is CO[Si](OC(C)C)(OC(C)C)c1ccccc1. The molecule has 0 atom stereocenters. The van der Waals surface area contributed by atoms with E-state index in [2.05, 4.69) is 0 Å². The minimum atomic E-state index is -2.77. The summed E-state index contributed by atoms with van der Waals surface area (Å²) in [6.45, 7) is 7.97. The van der Waals surface area contributed by atoms with Crippen LogP contribution in [0.1, 0.15) is 27.7 Å². The first-order chi connectivity index (χ1) is 8.00. The summed E-state index contributed by atoms with van der Waals surface area (Å²) in [4.78, 5) is 0. The van der Waals surface area contributed by atoms with Crippen molar-refractivity contribution in [3.05, 3.63) is 30.3 Å². The van der Waals surface area contributed by atoms with Crippen LogP contribution in [-0.2, 0) is 13.3 Å². The molecule has 0 aromatic heterocycles. The van der Waals surface area contributed by atoms with Crippen LogP contribution in [0, 0.1) is 0 Å². The first-order valence-corrected chi connectivity index (χ1v) is 7.69. The Morgan fingerprint density at radius 1 is 0.882 bits per heavy atom. The molecule has 0 heterocycles. The summed E-state index contributed by atoms with van der Waals surface area (Å²) in [5, 5.41) is 1.00. The van der Waals surface area contributed by atoms with Gasteiger partial charge in [0.1, 0.15) is 0 Å². The van der Waals surface area contributed by atoms with Gasteiger partial charge in [0.25, 0.3) is 0 Å². The molecular weight excluding hydrogens is 232 g/mol. The summed E-state index contributed by atoms with van der Waals surface area (Å²) in [7, 11) is -1.12. The quantitative estimate of drug-likeness (QED) is 0.729. The first kappa shape index (κ1) is 14.4. The van der Waals surface area contributed by atoms with E-state index >= 15 is 0 Å². The Hall–Kier alpha value is -0.683. The van der Waals surface area contributed by atoms with Crippen LogP contribution >= 0.6 is 0 Å². The summed E-state index contributed by atoms with van der Waals surface area (Å²) in [6.07, 6.45) is 0.140. The summed E-state index contributed by atoms with van der Waals surface area (Å²) < 4.78 is 17.6. The van der Waals surface area contributed by atoms with E-state index in [1.54, 1.807) is 7.11 Å². The van der Waals surface area contributed by atoms with Crippen LogP contribution in [0.4, 0.5) is 0 Å². The topological polar surface area (TPSA) is 27.7 Å². The van der Waals surface area contributed by atoms with Gasteiger partial charge in [-0.1, -0.05) is 30.3 Å². The van der Waals surface area contributed by atoms with Gasteiger partial charge in [0.2, 0.25) is 0 Å². The van der Waals surface area contributed by atoms with Crippen molar-refractivity contribution in [3.63, 3.8) is 0 Å². The van der Waals surface area contributed by atoms with E-state index < -0.39 is 8.80 Å². The first-order valence-electron chi connectivity index (χ1n) is 5.96. The molecule has 0 aliphatic heterocycles. The maximum absolute atomic E-state index is 5.98. The molecule has 1 aromatic rings. The van der Waals surface area contributed by atoms with E-state index in [0.717, 1.165) is 5.19 Å². The highest BCUT2D eigenvalue weighted by Gasteiger charge is 2.44. The minimum absolute atomic E-state index is 0.0700. The lowest BCUT2D eigenvalue weighted by molar-refractivity contribution is 0.0456. The van der Waals surface area contributed by atoms with Gasteiger partial charge in [-0.3, -0.25) is 0 Å². The average molecular weight is 254 g/mol. The molecule has 0 saturated heterocycles. The van der Waals surface area contributed by atoms with Crippen molar-refractivity contribution in [2.24, 2.45) is 0 Å². The smallest absolute Gasteiger partial charge is 0.373 e. The van der Waals surface area contributed by atoms with Crippen LogP contribution in [0.15, 0.2) is 30.3 Å². The molecule has 96 valence electrons. The highest BCUT2D eigenvalue weighted by Crippen LogP contribution is 2.14. The van der Waals surface area contributed by atoms with E-state index in [9.17, 15) is 0 Å². The predicted octanol–water partition coefficient (Wildman–Crippen LogP) is 2.33. The molecule has 0 aliphatic carbocycles. The van der Waals surface area contributed by atoms with Crippen LogP contribution in [0.2, 0.25) is 0 Å². The standard InChI is InChI=1S/C13H22O3Si/c1-11(2)15-17(14-5,16-12(3)4)13-9-7-6-8-10-13/h6-12H,1-5H3. The Morgan fingerprint density at radius 3 is 1.71 bits per heavy atom. The molecule has 4 heteroatoms. The van der Waals surface area contributed by atoms with Gasteiger partial charge in [-0.15, -0.1) is 0 Å². The van der Waals surface area contributed by atoms with Crippen LogP contribution < -0.4 is 5.19 Å². The van der Waals surface area contributed by atoms with E-state index in [0.29, 0.717) is 0 Å². The molecule has 1 rings (SSSR count). The van der Waals surface area contributed by atoms with Gasteiger partial charge >= 0.3 is 8.80 Å². The summed E-state index contributed by atoms with van der Waals surface area (Å²) in [6, 6.07) is 9.93. The van der Waals surface area contributed by atoms with Gasteiger partial charge in [0.15, 0.2) is 0 Å². The molecular formula is C13H22O3Si. The zero-order chi connectivity index (χ0) is 12.9. The molecule has 0 saturated carbocycles. The minimum Gasteiger partial charge on any atom is -0.373 e. The number of benzene rings is 1. The summed E-state index contributed by atoms with van der Waals surface area (Å²) in [5.41, 5.74) is 0. The molecule has 0 spiro atoms. The monoisotopic (exact) mass is 254 g/mol. The predicted molar refractivity (Wildman–Crippen MR) is 71.3 cm³/mol. The lowest BCUT2D eigenvalue weighted by Gasteiger charge is -2.31. The maximum Gasteiger partial charge on any atom is 0.537 e. The summed E-state index contributed by atoms with van der Waals surface area (Å²) >= 11 is 0. The van der Waals surface area contributed by atoms with Gasteiger partial charge in [0, 0.05) is 24.5 Å². The highest BCUT2D eigenvalue weighted by atomic mass is 28.4. The van der Waals surface area contributed by atoms with E-state index in [-0.39, 0.29) is 12.2 Å². The molecule has 0 bridgehead atoms. The Balaban J connectivity index is 3.06. The molecule has 0 amide bonds. The third kappa shape index (κ3) is 3.92. The Labute approximate surface area is 105 Å². The number of rotatable bonds is 6.